The monoisotopic (exact) mass is 266 g/mol. The highest BCUT2D eigenvalue weighted by Gasteiger charge is 2.14. The zero-order chi connectivity index (χ0) is 13.2. The van der Waals surface area contributed by atoms with E-state index in [0.717, 1.165) is 5.76 Å². The average molecular weight is 266 g/mol. The Bertz CT molecular complexity index is 630. The lowest BCUT2D eigenvalue weighted by Crippen LogP contribution is -2.22. The van der Waals surface area contributed by atoms with Crippen LogP contribution in [0, 0.1) is 6.92 Å². The van der Waals surface area contributed by atoms with Gasteiger partial charge in [-0.1, -0.05) is 0 Å². The fraction of sp³-hybridized carbons (Fsp3) is 0.167. The van der Waals surface area contributed by atoms with Crippen LogP contribution in [-0.2, 0) is 16.6 Å². The molecule has 5 nitrogen and oxygen atoms in total. The summed E-state index contributed by atoms with van der Waals surface area (Å²) >= 11 is 0. The van der Waals surface area contributed by atoms with Gasteiger partial charge in [0.25, 0.3) is 0 Å². The molecule has 0 unspecified atom stereocenters. The molecule has 0 fully saturated rings. The molecule has 0 saturated heterocycles. The molecule has 0 aliphatic rings. The van der Waals surface area contributed by atoms with Crippen molar-refractivity contribution in [1.29, 1.82) is 0 Å². The molecule has 2 aromatic rings. The van der Waals surface area contributed by atoms with Crippen LogP contribution in [0.3, 0.4) is 0 Å². The van der Waals surface area contributed by atoms with E-state index in [1.54, 1.807) is 31.2 Å². The van der Waals surface area contributed by atoms with Gasteiger partial charge >= 0.3 is 0 Å². The van der Waals surface area contributed by atoms with Crippen LogP contribution in [0.1, 0.15) is 11.5 Å². The van der Waals surface area contributed by atoms with Crippen molar-refractivity contribution >= 4 is 15.7 Å². The fourth-order valence-corrected chi connectivity index (χ4v) is 2.47. The highest BCUT2D eigenvalue weighted by atomic mass is 32.2. The van der Waals surface area contributed by atoms with Gasteiger partial charge in [-0.15, -0.1) is 0 Å². The Labute approximate surface area is 106 Å². The number of nitrogen functional groups attached to an aromatic ring is 1. The summed E-state index contributed by atoms with van der Waals surface area (Å²) in [5, 5.41) is 0. The molecule has 0 saturated carbocycles. The molecule has 3 N–H and O–H groups in total. The summed E-state index contributed by atoms with van der Waals surface area (Å²) < 4.78 is 31.6. The van der Waals surface area contributed by atoms with Crippen LogP contribution in [0.25, 0.3) is 0 Å². The van der Waals surface area contributed by atoms with Gasteiger partial charge in [0.05, 0.1) is 11.4 Å². The van der Waals surface area contributed by atoms with Crippen LogP contribution in [-0.4, -0.2) is 8.42 Å². The molecule has 1 aromatic carbocycles. The minimum absolute atomic E-state index is 0.126. The number of hydrogen-bond acceptors (Lipinski definition) is 4. The number of nitrogens with two attached hydrogens (primary N) is 1. The van der Waals surface area contributed by atoms with Crippen LogP contribution >= 0.6 is 0 Å². The number of benzene rings is 1. The zero-order valence-corrected chi connectivity index (χ0v) is 10.7. The largest absolute Gasteiger partial charge is 0.465 e. The number of hydrogen-bond donors (Lipinski definition) is 2. The van der Waals surface area contributed by atoms with Crippen LogP contribution in [0.2, 0.25) is 0 Å². The van der Waals surface area contributed by atoms with Crippen molar-refractivity contribution in [3.05, 3.63) is 47.9 Å². The molecule has 0 amide bonds. The number of furan rings is 1. The van der Waals surface area contributed by atoms with Crippen molar-refractivity contribution in [2.75, 3.05) is 5.73 Å². The van der Waals surface area contributed by atoms with Crippen molar-refractivity contribution < 1.29 is 12.8 Å². The van der Waals surface area contributed by atoms with Crippen molar-refractivity contribution in [3.63, 3.8) is 0 Å². The normalized spacial score (nSPS) is 11.6. The standard InChI is InChI=1S/C12H14N2O3S/c1-9-2-5-11(17-9)8-14-18(15,16)12-6-3-10(13)4-7-12/h2-7,14H,8,13H2,1H3. The summed E-state index contributed by atoms with van der Waals surface area (Å²) in [4.78, 5) is 0.181. The Hall–Kier alpha value is -1.79. The molecule has 1 aromatic heterocycles. The summed E-state index contributed by atoms with van der Waals surface area (Å²) in [6, 6.07) is 9.54. The lowest BCUT2D eigenvalue weighted by Gasteiger charge is -2.05. The molecule has 0 bridgehead atoms. The molecule has 0 aliphatic carbocycles. The lowest BCUT2D eigenvalue weighted by atomic mass is 10.3. The molecular weight excluding hydrogens is 252 g/mol. The summed E-state index contributed by atoms with van der Waals surface area (Å²) in [6.45, 7) is 1.93. The Balaban J connectivity index is 2.10. The molecule has 1 heterocycles. The van der Waals surface area contributed by atoms with Gasteiger partial charge in [0.1, 0.15) is 11.5 Å². The average Bonchev–Trinajstić information content (AvgIpc) is 2.73. The fourth-order valence-electron chi connectivity index (χ4n) is 1.48. The number of rotatable bonds is 4. The zero-order valence-electron chi connectivity index (χ0n) is 9.88. The minimum Gasteiger partial charge on any atom is -0.465 e. The molecule has 96 valence electrons. The second-order valence-electron chi connectivity index (χ2n) is 3.91. The van der Waals surface area contributed by atoms with E-state index in [0.29, 0.717) is 11.4 Å². The molecule has 0 spiro atoms. The number of nitrogens with one attached hydrogen (secondary N) is 1. The Morgan fingerprint density at radius 3 is 2.39 bits per heavy atom. The Kier molecular flexibility index (Phi) is 3.40. The summed E-state index contributed by atoms with van der Waals surface area (Å²) in [7, 11) is -3.53. The van der Waals surface area contributed by atoms with Crippen LogP contribution in [0.15, 0.2) is 45.7 Å². The van der Waals surface area contributed by atoms with Crippen LogP contribution in [0.5, 0.6) is 0 Å². The molecule has 6 heteroatoms. The second kappa shape index (κ2) is 4.83. The number of sulfonamides is 1. The Morgan fingerprint density at radius 2 is 1.83 bits per heavy atom. The van der Waals surface area contributed by atoms with Crippen LogP contribution in [0.4, 0.5) is 5.69 Å². The number of anilines is 1. The third kappa shape index (κ3) is 2.91. The predicted octanol–water partition coefficient (Wildman–Crippen LogP) is 1.65. The summed E-state index contributed by atoms with van der Waals surface area (Å²) in [6.07, 6.45) is 0. The predicted molar refractivity (Wildman–Crippen MR) is 68.3 cm³/mol. The summed E-state index contributed by atoms with van der Waals surface area (Å²) in [5.41, 5.74) is 6.03. The van der Waals surface area contributed by atoms with E-state index in [1.807, 2.05) is 0 Å². The Morgan fingerprint density at radius 1 is 1.17 bits per heavy atom. The van der Waals surface area contributed by atoms with Crippen LogP contribution < -0.4 is 10.5 Å². The van der Waals surface area contributed by atoms with Gasteiger partial charge in [-0.3, -0.25) is 0 Å². The molecular formula is C12H14N2O3S. The molecule has 0 aliphatic heterocycles. The highest BCUT2D eigenvalue weighted by molar-refractivity contribution is 7.89. The molecule has 2 rings (SSSR count). The quantitative estimate of drug-likeness (QED) is 0.824. The first-order valence-corrected chi connectivity index (χ1v) is 6.86. The van der Waals surface area contributed by atoms with Gasteiger partial charge in [-0.05, 0) is 43.3 Å². The topological polar surface area (TPSA) is 85.3 Å². The van der Waals surface area contributed by atoms with Gasteiger partial charge < -0.3 is 10.2 Å². The lowest BCUT2D eigenvalue weighted by molar-refractivity contribution is 0.475. The van der Waals surface area contributed by atoms with Gasteiger partial charge in [-0.2, -0.15) is 0 Å². The van der Waals surface area contributed by atoms with Gasteiger partial charge in [-0.25, -0.2) is 13.1 Å². The van der Waals surface area contributed by atoms with E-state index in [-0.39, 0.29) is 11.4 Å². The van der Waals surface area contributed by atoms with E-state index < -0.39 is 10.0 Å². The third-order valence-electron chi connectivity index (χ3n) is 2.42. The van der Waals surface area contributed by atoms with E-state index in [9.17, 15) is 8.42 Å². The first-order valence-electron chi connectivity index (χ1n) is 5.38. The first kappa shape index (κ1) is 12.7. The molecule has 0 atom stereocenters. The molecule has 0 radical (unpaired) electrons. The van der Waals surface area contributed by atoms with Gasteiger partial charge in [0, 0.05) is 5.69 Å². The van der Waals surface area contributed by atoms with Crippen molar-refractivity contribution in [3.8, 4) is 0 Å². The highest BCUT2D eigenvalue weighted by Crippen LogP contribution is 2.12. The van der Waals surface area contributed by atoms with Crippen molar-refractivity contribution in [2.24, 2.45) is 0 Å². The van der Waals surface area contributed by atoms with Crippen molar-refractivity contribution in [2.45, 2.75) is 18.4 Å². The van der Waals surface area contributed by atoms with Gasteiger partial charge in [0.2, 0.25) is 10.0 Å². The van der Waals surface area contributed by atoms with Crippen molar-refractivity contribution in [1.82, 2.24) is 4.72 Å². The van der Waals surface area contributed by atoms with E-state index >= 15 is 0 Å². The smallest absolute Gasteiger partial charge is 0.240 e. The number of aryl methyl sites for hydroxylation is 1. The maximum absolute atomic E-state index is 11.9. The SMILES string of the molecule is Cc1ccc(CNS(=O)(=O)c2ccc(N)cc2)o1. The maximum Gasteiger partial charge on any atom is 0.240 e. The molecule has 18 heavy (non-hydrogen) atoms. The minimum atomic E-state index is -3.53. The first-order chi connectivity index (χ1) is 8.47. The van der Waals surface area contributed by atoms with E-state index in [1.165, 1.54) is 12.1 Å². The maximum atomic E-state index is 11.9. The van der Waals surface area contributed by atoms with E-state index in [4.69, 9.17) is 10.2 Å². The second-order valence-corrected chi connectivity index (χ2v) is 5.67. The summed E-state index contributed by atoms with van der Waals surface area (Å²) in [5.74, 6) is 1.32. The van der Waals surface area contributed by atoms with E-state index in [2.05, 4.69) is 4.72 Å². The third-order valence-corrected chi connectivity index (χ3v) is 3.84. The van der Waals surface area contributed by atoms with Gasteiger partial charge in [0.15, 0.2) is 0 Å².